The Hall–Kier alpha value is -2.06. The van der Waals surface area contributed by atoms with Crippen molar-refractivity contribution < 1.29 is 31.5 Å². The minimum atomic E-state index is -4.56. The number of rotatable bonds is 4. The normalized spacial score (nSPS) is 11.3. The summed E-state index contributed by atoms with van der Waals surface area (Å²) in [6.45, 7) is -4.64. The zero-order chi connectivity index (χ0) is 14.5. The molecule has 0 radical (unpaired) electrons. The van der Waals surface area contributed by atoms with Crippen LogP contribution >= 0.6 is 0 Å². The van der Waals surface area contributed by atoms with Crippen LogP contribution in [0.2, 0.25) is 0 Å². The Balaban J connectivity index is 2.63. The highest BCUT2D eigenvalue weighted by molar-refractivity contribution is 5.90. The van der Waals surface area contributed by atoms with Crippen LogP contribution in [0.4, 0.5) is 32.4 Å². The number of anilines is 1. The Labute approximate surface area is 104 Å². The molecule has 4 nitrogen and oxygen atoms in total. The second-order valence-electron chi connectivity index (χ2n) is 3.30. The molecule has 0 aromatic heterocycles. The monoisotopic (exact) mass is 284 g/mol. The first-order chi connectivity index (χ1) is 8.78. The quantitative estimate of drug-likeness (QED) is 0.835. The van der Waals surface area contributed by atoms with Crippen LogP contribution in [0.3, 0.4) is 0 Å². The van der Waals surface area contributed by atoms with Gasteiger partial charge in [-0.05, 0) is 12.1 Å². The van der Waals surface area contributed by atoms with Gasteiger partial charge in [0.15, 0.2) is 0 Å². The number of hydrogen-bond donors (Lipinski definition) is 2. The minimum absolute atomic E-state index is 0.164. The van der Waals surface area contributed by atoms with E-state index in [1.54, 1.807) is 0 Å². The van der Waals surface area contributed by atoms with Gasteiger partial charge in [0.2, 0.25) is 0 Å². The van der Waals surface area contributed by atoms with Gasteiger partial charge in [-0.1, -0.05) is 12.1 Å². The van der Waals surface area contributed by atoms with Crippen molar-refractivity contribution in [3.05, 3.63) is 24.3 Å². The fourth-order valence-corrected chi connectivity index (χ4v) is 1.12. The van der Waals surface area contributed by atoms with E-state index >= 15 is 0 Å². The molecular formula is C10H9F5N2O2. The van der Waals surface area contributed by atoms with Crippen molar-refractivity contribution in [2.24, 2.45) is 0 Å². The zero-order valence-electron chi connectivity index (χ0n) is 9.30. The third-order valence-corrected chi connectivity index (χ3v) is 1.80. The largest absolute Gasteiger partial charge is 0.433 e. The average Bonchev–Trinajstić information content (AvgIpc) is 2.27. The highest BCUT2D eigenvalue weighted by Gasteiger charge is 2.27. The van der Waals surface area contributed by atoms with Crippen LogP contribution in [0.25, 0.3) is 0 Å². The third-order valence-electron chi connectivity index (χ3n) is 1.80. The lowest BCUT2D eigenvalue weighted by atomic mass is 10.3. The summed E-state index contributed by atoms with van der Waals surface area (Å²) in [4.78, 5) is 11.1. The fraction of sp³-hybridized carbons (Fsp3) is 0.300. The number of alkyl halides is 5. The molecule has 0 atom stereocenters. The number of carbonyl (C=O) groups excluding carboxylic acids is 1. The van der Waals surface area contributed by atoms with Gasteiger partial charge in [0.05, 0.1) is 5.69 Å². The van der Waals surface area contributed by atoms with Crippen molar-refractivity contribution in [2.75, 3.05) is 11.9 Å². The number of urea groups is 1. The summed E-state index contributed by atoms with van der Waals surface area (Å²) in [6, 6.07) is 3.95. The molecule has 0 aliphatic heterocycles. The van der Waals surface area contributed by atoms with Gasteiger partial charge in [-0.3, -0.25) is 0 Å². The maximum absolute atomic E-state index is 12.0. The van der Waals surface area contributed by atoms with Crippen LogP contribution in [-0.4, -0.2) is 25.4 Å². The molecule has 0 aliphatic carbocycles. The van der Waals surface area contributed by atoms with Gasteiger partial charge in [0.1, 0.15) is 12.3 Å². The number of carbonyl (C=O) groups is 1. The van der Waals surface area contributed by atoms with Crippen LogP contribution < -0.4 is 15.4 Å². The van der Waals surface area contributed by atoms with Crippen molar-refractivity contribution in [3.8, 4) is 5.75 Å². The lowest BCUT2D eigenvalue weighted by molar-refractivity contribution is -0.122. The predicted molar refractivity (Wildman–Crippen MR) is 56.2 cm³/mol. The van der Waals surface area contributed by atoms with Crippen molar-refractivity contribution in [1.82, 2.24) is 5.32 Å². The first-order valence-electron chi connectivity index (χ1n) is 4.93. The highest BCUT2D eigenvalue weighted by atomic mass is 19.4. The molecule has 1 rings (SSSR count). The number of para-hydroxylation sites is 2. The van der Waals surface area contributed by atoms with Gasteiger partial charge in [-0.15, -0.1) is 0 Å². The number of nitrogens with one attached hydrogen (secondary N) is 2. The zero-order valence-corrected chi connectivity index (χ0v) is 9.30. The number of hydrogen-bond acceptors (Lipinski definition) is 2. The maximum atomic E-state index is 12.0. The van der Waals surface area contributed by atoms with Gasteiger partial charge >= 0.3 is 18.8 Å². The van der Waals surface area contributed by atoms with Crippen LogP contribution in [-0.2, 0) is 0 Å². The van der Waals surface area contributed by atoms with Crippen LogP contribution in [0, 0.1) is 0 Å². The molecule has 106 valence electrons. The molecule has 2 N–H and O–H groups in total. The van der Waals surface area contributed by atoms with Gasteiger partial charge in [0.25, 0.3) is 0 Å². The lowest BCUT2D eigenvalue weighted by Crippen LogP contribution is -2.36. The van der Waals surface area contributed by atoms with E-state index < -0.39 is 25.4 Å². The molecule has 0 saturated heterocycles. The van der Waals surface area contributed by atoms with Crippen molar-refractivity contribution in [1.29, 1.82) is 0 Å². The number of halogens is 5. The van der Waals surface area contributed by atoms with E-state index in [4.69, 9.17) is 0 Å². The van der Waals surface area contributed by atoms with Gasteiger partial charge < -0.3 is 15.4 Å². The number of amides is 2. The summed E-state index contributed by atoms with van der Waals surface area (Å²) < 4.78 is 63.7. The summed E-state index contributed by atoms with van der Waals surface area (Å²) >= 11 is 0. The molecule has 0 heterocycles. The molecule has 19 heavy (non-hydrogen) atoms. The maximum Gasteiger partial charge on any atom is 0.405 e. The number of benzene rings is 1. The molecule has 0 aliphatic rings. The van der Waals surface area contributed by atoms with Gasteiger partial charge in [-0.25, -0.2) is 4.79 Å². The minimum Gasteiger partial charge on any atom is -0.433 e. The summed E-state index contributed by atoms with van der Waals surface area (Å²) in [5.74, 6) is -0.348. The van der Waals surface area contributed by atoms with E-state index in [2.05, 4.69) is 4.74 Å². The third kappa shape index (κ3) is 5.89. The Morgan fingerprint density at radius 3 is 2.47 bits per heavy atom. The Morgan fingerprint density at radius 2 is 1.89 bits per heavy atom. The standard InChI is InChI=1S/C10H9F5N2O2/c11-8(12)19-7-4-2-1-3-6(7)17-9(18)16-5-10(13,14)15/h1-4,8H,5H2,(H2,16,17,18). The second-order valence-corrected chi connectivity index (χ2v) is 3.30. The lowest BCUT2D eigenvalue weighted by Gasteiger charge is -2.13. The molecular weight excluding hydrogens is 275 g/mol. The molecule has 0 spiro atoms. The first-order valence-corrected chi connectivity index (χ1v) is 4.93. The van der Waals surface area contributed by atoms with Crippen molar-refractivity contribution in [3.63, 3.8) is 0 Å². The fourth-order valence-electron chi connectivity index (χ4n) is 1.12. The SMILES string of the molecule is O=C(NCC(F)(F)F)Nc1ccccc1OC(F)F. The first kappa shape index (κ1) is 15.0. The second kappa shape index (κ2) is 6.21. The van der Waals surface area contributed by atoms with E-state index in [0.717, 1.165) is 6.07 Å². The van der Waals surface area contributed by atoms with E-state index in [-0.39, 0.29) is 11.4 Å². The van der Waals surface area contributed by atoms with Crippen molar-refractivity contribution >= 4 is 11.7 Å². The molecule has 2 amide bonds. The molecule has 9 heteroatoms. The van der Waals surface area contributed by atoms with Gasteiger partial charge in [-0.2, -0.15) is 22.0 Å². The Kier molecular flexibility index (Phi) is 4.90. The van der Waals surface area contributed by atoms with Gasteiger partial charge in [0, 0.05) is 0 Å². The predicted octanol–water partition coefficient (Wildman–Crippen LogP) is 2.97. The smallest absolute Gasteiger partial charge is 0.405 e. The summed E-state index contributed by atoms with van der Waals surface area (Å²) in [5, 5.41) is 3.51. The van der Waals surface area contributed by atoms with E-state index in [0.29, 0.717) is 0 Å². The molecule has 1 aromatic rings. The van der Waals surface area contributed by atoms with Crippen LogP contribution in [0.1, 0.15) is 0 Å². The molecule has 0 saturated carbocycles. The molecule has 0 fully saturated rings. The summed E-state index contributed by atoms with van der Waals surface area (Å²) in [5.41, 5.74) is -0.164. The summed E-state index contributed by atoms with van der Waals surface area (Å²) in [7, 11) is 0. The number of ether oxygens (including phenoxy) is 1. The Morgan fingerprint density at radius 1 is 1.26 bits per heavy atom. The van der Waals surface area contributed by atoms with E-state index in [1.165, 1.54) is 23.5 Å². The topological polar surface area (TPSA) is 50.4 Å². The Bertz CT molecular complexity index is 436. The summed E-state index contributed by atoms with van der Waals surface area (Å²) in [6.07, 6.45) is -4.56. The van der Waals surface area contributed by atoms with Crippen LogP contribution in [0.15, 0.2) is 24.3 Å². The van der Waals surface area contributed by atoms with E-state index in [1.807, 2.05) is 5.32 Å². The van der Waals surface area contributed by atoms with E-state index in [9.17, 15) is 26.7 Å². The highest BCUT2D eigenvalue weighted by Crippen LogP contribution is 2.25. The molecule has 1 aromatic carbocycles. The van der Waals surface area contributed by atoms with Crippen LogP contribution in [0.5, 0.6) is 5.75 Å². The molecule has 0 unspecified atom stereocenters. The molecule has 0 bridgehead atoms. The van der Waals surface area contributed by atoms with Crippen molar-refractivity contribution in [2.45, 2.75) is 12.8 Å². The average molecular weight is 284 g/mol.